The van der Waals surface area contributed by atoms with Crippen molar-refractivity contribution in [1.82, 2.24) is 20.1 Å². The van der Waals surface area contributed by atoms with Crippen molar-refractivity contribution in [3.05, 3.63) is 70.5 Å². The Bertz CT molecular complexity index is 1060. The molecule has 2 heterocycles. The van der Waals surface area contributed by atoms with Crippen molar-refractivity contribution in [3.63, 3.8) is 0 Å². The van der Waals surface area contributed by atoms with Crippen LogP contribution in [0.15, 0.2) is 42.7 Å². The third kappa shape index (κ3) is 3.77. The Morgan fingerprint density at radius 1 is 1.14 bits per heavy atom. The summed E-state index contributed by atoms with van der Waals surface area (Å²) < 4.78 is 0. The molecule has 1 amide bonds. The van der Waals surface area contributed by atoms with Gasteiger partial charge < -0.3 is 9.88 Å². The number of rotatable bonds is 3. The Kier molecular flexibility index (Phi) is 5.13. The summed E-state index contributed by atoms with van der Waals surface area (Å²) in [5.41, 5.74) is 5.59. The fourth-order valence-electron chi connectivity index (χ4n) is 4.09. The van der Waals surface area contributed by atoms with E-state index in [1.807, 2.05) is 55.1 Å². The second-order valence-corrected chi connectivity index (χ2v) is 7.62. The van der Waals surface area contributed by atoms with E-state index in [0.717, 1.165) is 48.2 Å². The van der Waals surface area contributed by atoms with Crippen LogP contribution in [0.1, 0.15) is 51.4 Å². The van der Waals surface area contributed by atoms with E-state index in [9.17, 15) is 4.79 Å². The van der Waals surface area contributed by atoms with Crippen molar-refractivity contribution in [2.75, 3.05) is 13.1 Å². The summed E-state index contributed by atoms with van der Waals surface area (Å²) in [4.78, 5) is 18.2. The highest BCUT2D eigenvalue weighted by Gasteiger charge is 2.26. The molecule has 2 aromatic carbocycles. The van der Waals surface area contributed by atoms with Gasteiger partial charge in [0, 0.05) is 24.2 Å². The zero-order valence-corrected chi connectivity index (χ0v) is 16.6. The Hall–Kier alpha value is -3.46. The zero-order chi connectivity index (χ0) is 20.4. The van der Waals surface area contributed by atoms with Gasteiger partial charge in [-0.3, -0.25) is 4.79 Å². The second kappa shape index (κ2) is 7.88. The SMILES string of the molecule is Cc1cc(C)c(-c2nnc[nH]2)cc1C(=O)N1CCC(c2ccc(C#N)cc2)CC1. The van der Waals surface area contributed by atoms with Crippen molar-refractivity contribution in [1.29, 1.82) is 5.26 Å². The topological polar surface area (TPSA) is 85.7 Å². The van der Waals surface area contributed by atoms with E-state index in [1.165, 1.54) is 5.56 Å². The Labute approximate surface area is 170 Å². The molecule has 3 aromatic rings. The molecule has 0 spiro atoms. The van der Waals surface area contributed by atoms with E-state index in [-0.39, 0.29) is 5.91 Å². The van der Waals surface area contributed by atoms with Gasteiger partial charge in [0.25, 0.3) is 5.91 Å². The van der Waals surface area contributed by atoms with Gasteiger partial charge in [-0.25, -0.2) is 0 Å². The molecule has 0 bridgehead atoms. The molecule has 1 aliphatic rings. The number of aromatic amines is 1. The minimum Gasteiger partial charge on any atom is -0.339 e. The largest absolute Gasteiger partial charge is 0.339 e. The van der Waals surface area contributed by atoms with Crippen LogP contribution in [0.4, 0.5) is 0 Å². The minimum absolute atomic E-state index is 0.0709. The van der Waals surface area contributed by atoms with Crippen LogP contribution in [0.3, 0.4) is 0 Å². The van der Waals surface area contributed by atoms with E-state index in [0.29, 0.717) is 17.3 Å². The van der Waals surface area contributed by atoms with Crippen LogP contribution in [-0.4, -0.2) is 39.1 Å². The highest BCUT2D eigenvalue weighted by Crippen LogP contribution is 2.30. The average Bonchev–Trinajstić information content (AvgIpc) is 3.28. The van der Waals surface area contributed by atoms with Crippen molar-refractivity contribution in [2.24, 2.45) is 0 Å². The van der Waals surface area contributed by atoms with Gasteiger partial charge >= 0.3 is 0 Å². The standard InChI is InChI=1S/C23H23N5O/c1-15-11-16(2)21(12-20(15)22-25-14-26-27-22)23(29)28-9-7-19(8-10-28)18-5-3-17(13-24)4-6-18/h3-6,11-12,14,19H,7-10H2,1-2H3,(H,25,26,27). The minimum atomic E-state index is 0.0709. The summed E-state index contributed by atoms with van der Waals surface area (Å²) in [5, 5.41) is 16.9. The number of nitrogens with zero attached hydrogens (tertiary/aromatic N) is 4. The number of hydrogen-bond acceptors (Lipinski definition) is 4. The lowest BCUT2D eigenvalue weighted by atomic mass is 9.88. The van der Waals surface area contributed by atoms with Gasteiger partial charge in [-0.2, -0.15) is 5.26 Å². The molecule has 4 rings (SSSR count). The molecular formula is C23H23N5O. The summed E-state index contributed by atoms with van der Waals surface area (Å²) >= 11 is 0. The summed E-state index contributed by atoms with van der Waals surface area (Å²) in [6.07, 6.45) is 3.40. The van der Waals surface area contributed by atoms with Crippen LogP contribution in [0.5, 0.6) is 0 Å². The number of aromatic nitrogens is 3. The molecule has 0 unspecified atom stereocenters. The van der Waals surface area contributed by atoms with Gasteiger partial charge in [-0.15, -0.1) is 10.2 Å². The first-order valence-electron chi connectivity index (χ1n) is 9.84. The molecule has 1 fully saturated rings. The van der Waals surface area contributed by atoms with Crippen LogP contribution in [0.2, 0.25) is 0 Å². The molecule has 1 saturated heterocycles. The predicted octanol–water partition coefficient (Wildman–Crippen LogP) is 3.98. The third-order valence-corrected chi connectivity index (χ3v) is 5.77. The Balaban J connectivity index is 1.50. The zero-order valence-electron chi connectivity index (χ0n) is 16.6. The van der Waals surface area contributed by atoms with Crippen molar-refractivity contribution < 1.29 is 4.79 Å². The van der Waals surface area contributed by atoms with E-state index in [1.54, 1.807) is 6.33 Å². The highest BCUT2D eigenvalue weighted by molar-refractivity contribution is 5.97. The van der Waals surface area contributed by atoms with Gasteiger partial charge in [-0.1, -0.05) is 18.2 Å². The van der Waals surface area contributed by atoms with Gasteiger partial charge in [0.15, 0.2) is 5.82 Å². The van der Waals surface area contributed by atoms with Crippen LogP contribution in [-0.2, 0) is 0 Å². The number of aryl methyl sites for hydroxylation is 2. The molecular weight excluding hydrogens is 362 g/mol. The van der Waals surface area contributed by atoms with Gasteiger partial charge in [0.2, 0.25) is 0 Å². The van der Waals surface area contributed by atoms with Crippen LogP contribution < -0.4 is 0 Å². The summed E-state index contributed by atoms with van der Waals surface area (Å²) in [5.74, 6) is 1.17. The molecule has 0 aliphatic carbocycles. The molecule has 0 radical (unpaired) electrons. The van der Waals surface area contributed by atoms with Crippen molar-refractivity contribution >= 4 is 5.91 Å². The normalized spacial score (nSPS) is 14.6. The van der Waals surface area contributed by atoms with E-state index >= 15 is 0 Å². The maximum absolute atomic E-state index is 13.2. The van der Waals surface area contributed by atoms with Gasteiger partial charge in [-0.05, 0) is 67.5 Å². The first-order valence-corrected chi connectivity index (χ1v) is 9.84. The van der Waals surface area contributed by atoms with Crippen LogP contribution in [0.25, 0.3) is 11.4 Å². The average molecular weight is 385 g/mol. The monoisotopic (exact) mass is 385 g/mol. The smallest absolute Gasteiger partial charge is 0.254 e. The number of carbonyl (C=O) groups is 1. The van der Waals surface area contributed by atoms with E-state index in [4.69, 9.17) is 5.26 Å². The van der Waals surface area contributed by atoms with E-state index in [2.05, 4.69) is 21.3 Å². The maximum Gasteiger partial charge on any atom is 0.254 e. The van der Waals surface area contributed by atoms with Crippen LogP contribution >= 0.6 is 0 Å². The fourth-order valence-corrected chi connectivity index (χ4v) is 4.09. The molecule has 1 N–H and O–H groups in total. The molecule has 6 nitrogen and oxygen atoms in total. The third-order valence-electron chi connectivity index (χ3n) is 5.77. The fraction of sp³-hybridized carbons (Fsp3) is 0.304. The molecule has 29 heavy (non-hydrogen) atoms. The van der Waals surface area contributed by atoms with Crippen molar-refractivity contribution in [2.45, 2.75) is 32.6 Å². The van der Waals surface area contributed by atoms with Crippen molar-refractivity contribution in [3.8, 4) is 17.5 Å². The molecule has 1 aromatic heterocycles. The first-order chi connectivity index (χ1) is 14.1. The number of likely N-dealkylation sites (tertiary alicyclic amines) is 1. The predicted molar refractivity (Wildman–Crippen MR) is 110 cm³/mol. The lowest BCUT2D eigenvalue weighted by Gasteiger charge is -2.32. The summed E-state index contributed by atoms with van der Waals surface area (Å²) in [6, 6.07) is 13.9. The number of carbonyl (C=O) groups excluding carboxylic acids is 1. The number of nitriles is 1. The molecule has 146 valence electrons. The van der Waals surface area contributed by atoms with Gasteiger partial charge in [0.1, 0.15) is 6.33 Å². The Morgan fingerprint density at radius 3 is 2.48 bits per heavy atom. The maximum atomic E-state index is 13.2. The summed E-state index contributed by atoms with van der Waals surface area (Å²) in [7, 11) is 0. The highest BCUT2D eigenvalue weighted by atomic mass is 16.2. The lowest BCUT2D eigenvalue weighted by Crippen LogP contribution is -2.38. The summed E-state index contributed by atoms with van der Waals surface area (Å²) in [6.45, 7) is 5.46. The number of hydrogen-bond donors (Lipinski definition) is 1. The second-order valence-electron chi connectivity index (χ2n) is 7.62. The number of nitrogens with one attached hydrogen (secondary N) is 1. The number of piperidine rings is 1. The molecule has 6 heteroatoms. The number of amides is 1. The quantitative estimate of drug-likeness (QED) is 0.739. The molecule has 0 atom stereocenters. The molecule has 1 aliphatic heterocycles. The first kappa shape index (κ1) is 18.9. The van der Waals surface area contributed by atoms with Gasteiger partial charge in [0.05, 0.1) is 11.6 Å². The lowest BCUT2D eigenvalue weighted by molar-refractivity contribution is 0.0712. The van der Waals surface area contributed by atoms with Crippen LogP contribution in [0, 0.1) is 25.2 Å². The number of H-pyrrole nitrogens is 1. The Morgan fingerprint density at radius 2 is 1.86 bits per heavy atom. The molecule has 0 saturated carbocycles. The number of benzene rings is 2. The van der Waals surface area contributed by atoms with E-state index < -0.39 is 0 Å².